The number of aromatic hydroxyl groups is 4. The van der Waals surface area contributed by atoms with E-state index in [0.717, 1.165) is 30.4 Å². The highest BCUT2D eigenvalue weighted by atomic mass is 16.8. The molecule has 1 aliphatic carbocycles. The number of methoxy groups -OCH3 is 1. The molecule has 5 aliphatic rings. The molecule has 3 saturated heterocycles. The second-order valence-corrected chi connectivity index (χ2v) is 18.0. The Kier molecular flexibility index (Phi) is 17.8. The van der Waals surface area contributed by atoms with E-state index in [1.165, 1.54) is 79.9 Å². The van der Waals surface area contributed by atoms with Crippen LogP contribution in [0.2, 0.25) is 0 Å². The maximum atomic E-state index is 13.1. The third kappa shape index (κ3) is 12.8. The number of esters is 2. The SMILES string of the molecule is COc1cc(C=CC(=O)OC[C@H]2OC(O[C@H]3[C@H](Oc4cc5c(O[C@@H]6O[C@H](CO)[C@@H](O)[C@H](O)[C@H]6O)cc(=O)cc-5oc4-c4ccc(O)cc4)O[C@H](COC(=O)C=Cc4ccc(O)c(O)c4)[C@@H](O)[C@@H]3O)[C@H](O)[C@@H](O)[C@@H]2O)ccc1O. The fourth-order valence-electron chi connectivity index (χ4n) is 8.37. The Hall–Kier alpha value is -7.41. The van der Waals surface area contributed by atoms with Crippen molar-refractivity contribution in [1.29, 1.82) is 0 Å². The molecule has 0 aromatic heterocycles. The first-order valence-electron chi connectivity index (χ1n) is 23.7. The number of fused-ring (bicyclic) bond motifs is 1. The number of hydrogen-bond donors (Lipinski definition) is 13. The number of phenols is 4. The van der Waals surface area contributed by atoms with Gasteiger partial charge in [0.15, 0.2) is 52.3 Å². The molecule has 8 rings (SSSR count). The summed E-state index contributed by atoms with van der Waals surface area (Å²) in [5.41, 5.74) is 0.0147. The lowest BCUT2D eigenvalue weighted by Crippen LogP contribution is -2.65. The van der Waals surface area contributed by atoms with Gasteiger partial charge in [0.25, 0.3) is 0 Å². The van der Waals surface area contributed by atoms with Crippen molar-refractivity contribution in [3.63, 3.8) is 0 Å². The lowest BCUT2D eigenvalue weighted by atomic mass is 9.97. The third-order valence-corrected chi connectivity index (χ3v) is 12.7. The number of rotatable bonds is 17. The summed E-state index contributed by atoms with van der Waals surface area (Å²) in [4.78, 5) is 38.9. The first kappa shape index (κ1) is 56.8. The number of phenolic OH excluding ortho intramolecular Hbond substituents is 4. The minimum Gasteiger partial charge on any atom is -0.508 e. The standard InChI is InChI=1S/C52H54O26/c1-69-33-15-23(3-11-29(33)57)5-13-39(60)70-20-36-41(62)44(65)47(68)51(76-36)78-49-45(66)42(63)37(21-71-38(59)12-4-22-2-10-28(56)30(58)14-22)77-52(49)74-34-18-27-31(72-48(34)24-6-8-25(54)9-7-24)16-26(55)17-32(27)73-50-46(67)43(64)40(61)35(19-53)75-50/h2-18,35-37,40-47,49-54,56-58,61-68H,19-21H2,1H3/t35-,36-,37-,40-,41-,42-,43+,44+,45+,46-,47-,49-,50-,51?,52-/m1/s1. The lowest BCUT2D eigenvalue weighted by molar-refractivity contribution is -0.358. The van der Waals surface area contributed by atoms with Gasteiger partial charge in [0.1, 0.15) is 97.6 Å². The number of hydrogen-bond acceptors (Lipinski definition) is 26. The average molecular weight is 1090 g/mol. The molecule has 0 bridgehead atoms. The van der Waals surface area contributed by atoms with Crippen LogP contribution in [0.25, 0.3) is 34.8 Å². The van der Waals surface area contributed by atoms with Crippen LogP contribution < -0.4 is 19.6 Å². The van der Waals surface area contributed by atoms with Crippen LogP contribution in [-0.4, -0.2) is 197 Å². The van der Waals surface area contributed by atoms with Crippen molar-refractivity contribution in [1.82, 2.24) is 0 Å². The first-order chi connectivity index (χ1) is 37.2. The number of carbonyl (C=O) groups excluding carboxylic acids is 2. The van der Waals surface area contributed by atoms with Crippen molar-refractivity contribution < 1.29 is 123 Å². The zero-order valence-electron chi connectivity index (χ0n) is 40.7. The molecule has 13 N–H and O–H groups in total. The van der Waals surface area contributed by atoms with Crippen LogP contribution in [-0.2, 0) is 38.0 Å². The second-order valence-electron chi connectivity index (χ2n) is 18.0. The lowest BCUT2D eigenvalue weighted by Gasteiger charge is -2.46. The molecule has 3 aromatic rings. The van der Waals surface area contributed by atoms with Crippen molar-refractivity contribution in [2.45, 2.75) is 92.1 Å². The van der Waals surface area contributed by atoms with Gasteiger partial charge in [-0.2, -0.15) is 0 Å². The van der Waals surface area contributed by atoms with Crippen molar-refractivity contribution in [3.05, 3.63) is 112 Å². The molecule has 1 unspecified atom stereocenters. The van der Waals surface area contributed by atoms with E-state index in [9.17, 15) is 80.8 Å². The fourth-order valence-corrected chi connectivity index (χ4v) is 8.37. The predicted molar refractivity (Wildman–Crippen MR) is 260 cm³/mol. The molecular formula is C52H54O26. The summed E-state index contributed by atoms with van der Waals surface area (Å²) in [6, 6.07) is 16.4. The van der Waals surface area contributed by atoms with Gasteiger partial charge in [0.05, 0.1) is 19.3 Å². The molecule has 0 spiro atoms. The second kappa shape index (κ2) is 24.5. The summed E-state index contributed by atoms with van der Waals surface area (Å²) >= 11 is 0. The Balaban J connectivity index is 1.11. The quantitative estimate of drug-likeness (QED) is 0.0300. The van der Waals surface area contributed by atoms with Gasteiger partial charge in [-0.15, -0.1) is 0 Å². The van der Waals surface area contributed by atoms with E-state index in [2.05, 4.69) is 0 Å². The average Bonchev–Trinajstić information content (AvgIpc) is 3.51. The van der Waals surface area contributed by atoms with Crippen molar-refractivity contribution in [3.8, 4) is 62.9 Å². The van der Waals surface area contributed by atoms with Crippen LogP contribution >= 0.6 is 0 Å². The smallest absolute Gasteiger partial charge is 0.330 e. The van der Waals surface area contributed by atoms with Crippen molar-refractivity contribution >= 4 is 24.1 Å². The first-order valence-corrected chi connectivity index (χ1v) is 23.7. The Morgan fingerprint density at radius 2 is 1.10 bits per heavy atom. The summed E-state index contributed by atoms with van der Waals surface area (Å²) in [5, 5.41) is 138. The van der Waals surface area contributed by atoms with E-state index >= 15 is 0 Å². The van der Waals surface area contributed by atoms with Gasteiger partial charge >= 0.3 is 11.9 Å². The van der Waals surface area contributed by atoms with Gasteiger partial charge in [-0.25, -0.2) is 9.59 Å². The monoisotopic (exact) mass is 1090 g/mol. The molecule has 3 aromatic carbocycles. The van der Waals surface area contributed by atoms with Crippen LogP contribution in [0, 0.1) is 0 Å². The minimum atomic E-state index is -2.15. The highest BCUT2D eigenvalue weighted by Gasteiger charge is 2.52. The largest absolute Gasteiger partial charge is 0.508 e. The predicted octanol–water partition coefficient (Wildman–Crippen LogP) is -1.05. The molecule has 3 fully saturated rings. The number of aliphatic hydroxyl groups is 9. The molecular weight excluding hydrogens is 1040 g/mol. The van der Waals surface area contributed by atoms with Crippen LogP contribution in [0.3, 0.4) is 0 Å². The van der Waals surface area contributed by atoms with Crippen LogP contribution in [0.5, 0.6) is 40.2 Å². The minimum absolute atomic E-state index is 0.115. The van der Waals surface area contributed by atoms with E-state index < -0.39 is 141 Å². The molecule has 4 heterocycles. The Morgan fingerprint density at radius 3 is 1.72 bits per heavy atom. The topological polar surface area (TPSA) is 410 Å². The molecule has 0 amide bonds. The van der Waals surface area contributed by atoms with Gasteiger partial charge < -0.3 is 113 Å². The van der Waals surface area contributed by atoms with E-state index in [4.69, 9.17) is 47.0 Å². The molecule has 0 radical (unpaired) electrons. The Bertz CT molecular complexity index is 2980. The van der Waals surface area contributed by atoms with Crippen LogP contribution in [0.1, 0.15) is 11.1 Å². The molecule has 15 atom stereocenters. The maximum absolute atomic E-state index is 13.1. The Labute approximate surface area is 440 Å². The van der Waals surface area contributed by atoms with E-state index in [0.29, 0.717) is 5.56 Å². The van der Waals surface area contributed by atoms with E-state index in [1.807, 2.05) is 0 Å². The van der Waals surface area contributed by atoms with Crippen molar-refractivity contribution in [2.24, 2.45) is 0 Å². The number of ether oxygens (including phenoxy) is 9. The fraction of sp³-hybridized carbons (Fsp3) is 0.365. The summed E-state index contributed by atoms with van der Waals surface area (Å²) < 4.78 is 57.7. The van der Waals surface area contributed by atoms with Crippen LogP contribution in [0.4, 0.5) is 0 Å². The van der Waals surface area contributed by atoms with E-state index in [-0.39, 0.29) is 57.0 Å². The van der Waals surface area contributed by atoms with Gasteiger partial charge in [-0.3, -0.25) is 4.79 Å². The highest BCUT2D eigenvalue weighted by molar-refractivity contribution is 5.88. The zero-order chi connectivity index (χ0) is 56.1. The van der Waals surface area contributed by atoms with Gasteiger partial charge in [0, 0.05) is 29.8 Å². The highest BCUT2D eigenvalue weighted by Crippen LogP contribution is 2.44. The van der Waals surface area contributed by atoms with E-state index in [1.54, 1.807) is 0 Å². The number of aliphatic hydroxyl groups excluding tert-OH is 9. The third-order valence-electron chi connectivity index (χ3n) is 12.7. The molecule has 418 valence electrons. The van der Waals surface area contributed by atoms with Gasteiger partial charge in [-0.05, 0) is 77.9 Å². The molecule has 26 nitrogen and oxygen atoms in total. The van der Waals surface area contributed by atoms with Crippen molar-refractivity contribution in [2.75, 3.05) is 26.9 Å². The van der Waals surface area contributed by atoms with Crippen LogP contribution in [0.15, 0.2) is 100 Å². The number of carbonyl (C=O) groups is 2. The van der Waals surface area contributed by atoms with Gasteiger partial charge in [0.2, 0.25) is 12.6 Å². The molecule has 0 saturated carbocycles. The normalized spacial score (nSPS) is 29.3. The summed E-state index contributed by atoms with van der Waals surface area (Å²) in [6.07, 6.45) is -24.1. The molecule has 4 aliphatic heterocycles. The van der Waals surface area contributed by atoms with Gasteiger partial charge in [-0.1, -0.05) is 12.1 Å². The maximum Gasteiger partial charge on any atom is 0.330 e. The molecule has 78 heavy (non-hydrogen) atoms. The summed E-state index contributed by atoms with van der Waals surface area (Å²) in [5.74, 6) is -4.29. The molecule has 26 heteroatoms. The zero-order valence-corrected chi connectivity index (χ0v) is 40.7. The summed E-state index contributed by atoms with van der Waals surface area (Å²) in [7, 11) is 1.33. The Morgan fingerprint density at radius 1 is 0.551 bits per heavy atom. The summed E-state index contributed by atoms with van der Waals surface area (Å²) in [6.45, 7) is -2.39. The number of benzene rings is 4.